The first-order valence-electron chi connectivity index (χ1n) is 8.12. The number of amides is 1. The molecule has 0 aliphatic carbocycles. The summed E-state index contributed by atoms with van der Waals surface area (Å²) in [6.45, 7) is 1.41. The van der Waals surface area contributed by atoms with Gasteiger partial charge in [-0.15, -0.1) is 11.3 Å². The number of rotatable bonds is 8. The fraction of sp³-hybridized carbons (Fsp3) is 0.263. The quantitative estimate of drug-likeness (QED) is 0.550. The Morgan fingerprint density at radius 1 is 1.04 bits per heavy atom. The molecule has 27 heavy (non-hydrogen) atoms. The molecule has 0 saturated carbocycles. The zero-order valence-electron chi connectivity index (χ0n) is 14.9. The van der Waals surface area contributed by atoms with Gasteiger partial charge in [0.2, 0.25) is 0 Å². The number of hydrogen-bond acceptors (Lipinski definition) is 7. The Morgan fingerprint density at radius 3 is 2.41 bits per heavy atom. The van der Waals surface area contributed by atoms with Gasteiger partial charge in [-0.3, -0.25) is 14.4 Å². The van der Waals surface area contributed by atoms with Gasteiger partial charge in [0, 0.05) is 12.0 Å². The van der Waals surface area contributed by atoms with Crippen LogP contribution < -0.4 is 5.32 Å². The zero-order valence-corrected chi connectivity index (χ0v) is 15.8. The lowest BCUT2D eigenvalue weighted by Gasteiger charge is -2.07. The van der Waals surface area contributed by atoms with Gasteiger partial charge in [0.1, 0.15) is 4.88 Å². The number of carbonyl (C=O) groups excluding carboxylic acids is 4. The minimum Gasteiger partial charge on any atom is -0.465 e. The fourth-order valence-electron chi connectivity index (χ4n) is 2.16. The molecule has 1 aromatic heterocycles. The molecule has 0 bridgehead atoms. The molecule has 8 heteroatoms. The lowest BCUT2D eigenvalue weighted by molar-refractivity contribution is -0.147. The van der Waals surface area contributed by atoms with Crippen molar-refractivity contribution in [2.75, 3.05) is 19.0 Å². The molecule has 0 radical (unpaired) electrons. The van der Waals surface area contributed by atoms with Crippen LogP contribution in [0.4, 0.5) is 5.69 Å². The lowest BCUT2D eigenvalue weighted by Crippen LogP contribution is -2.21. The summed E-state index contributed by atoms with van der Waals surface area (Å²) in [5.41, 5.74) is 1.86. The summed E-state index contributed by atoms with van der Waals surface area (Å²) < 4.78 is 9.48. The predicted octanol–water partition coefficient (Wildman–Crippen LogP) is 2.99. The van der Waals surface area contributed by atoms with Crippen molar-refractivity contribution in [2.24, 2.45) is 0 Å². The van der Waals surface area contributed by atoms with E-state index in [1.54, 1.807) is 23.6 Å². The number of anilines is 1. The molecule has 0 atom stereocenters. The third-order valence-electron chi connectivity index (χ3n) is 3.60. The second-order valence-electron chi connectivity index (χ2n) is 5.65. The number of thiophene rings is 1. The fourth-order valence-corrected chi connectivity index (χ4v) is 2.93. The molecule has 0 saturated heterocycles. The minimum absolute atomic E-state index is 0.000528. The van der Waals surface area contributed by atoms with Crippen LogP contribution in [-0.2, 0) is 19.1 Å². The van der Waals surface area contributed by atoms with E-state index in [0.717, 1.165) is 16.9 Å². The standard InChI is InChI=1S/C19H19NO6S/c1-12-3-5-13(6-4-12)15(21)7-8-17(23)26-11-16(22)20-14-9-10-27-18(14)19(24)25-2/h3-6,9-10H,7-8,11H2,1-2H3,(H,20,22). The largest absolute Gasteiger partial charge is 0.465 e. The average molecular weight is 389 g/mol. The molecule has 2 rings (SSSR count). The monoisotopic (exact) mass is 389 g/mol. The van der Waals surface area contributed by atoms with Crippen LogP contribution in [-0.4, -0.2) is 37.3 Å². The summed E-state index contributed by atoms with van der Waals surface area (Å²) in [6, 6.07) is 8.61. The number of nitrogens with one attached hydrogen (secondary N) is 1. The molecule has 1 N–H and O–H groups in total. The van der Waals surface area contributed by atoms with E-state index in [2.05, 4.69) is 10.1 Å². The molecule has 1 heterocycles. The molecule has 0 spiro atoms. The maximum absolute atomic E-state index is 12.0. The van der Waals surface area contributed by atoms with Crippen molar-refractivity contribution in [3.05, 3.63) is 51.7 Å². The average Bonchev–Trinajstić information content (AvgIpc) is 3.12. The van der Waals surface area contributed by atoms with Crippen molar-refractivity contribution in [1.29, 1.82) is 0 Å². The number of esters is 2. The summed E-state index contributed by atoms with van der Waals surface area (Å²) in [6.07, 6.45) is -0.119. The number of hydrogen-bond donors (Lipinski definition) is 1. The van der Waals surface area contributed by atoms with Crippen LogP contribution >= 0.6 is 11.3 Å². The maximum atomic E-state index is 12.0. The molecule has 7 nitrogen and oxygen atoms in total. The number of ether oxygens (including phenoxy) is 2. The van der Waals surface area contributed by atoms with Crippen molar-refractivity contribution in [2.45, 2.75) is 19.8 Å². The van der Waals surface area contributed by atoms with E-state index in [4.69, 9.17) is 4.74 Å². The Labute approximate surface area is 160 Å². The highest BCUT2D eigenvalue weighted by Gasteiger charge is 2.17. The van der Waals surface area contributed by atoms with Crippen molar-refractivity contribution in [1.82, 2.24) is 0 Å². The summed E-state index contributed by atoms with van der Waals surface area (Å²) >= 11 is 1.12. The highest BCUT2D eigenvalue weighted by atomic mass is 32.1. The van der Waals surface area contributed by atoms with Gasteiger partial charge in [0.05, 0.1) is 19.2 Å². The van der Waals surface area contributed by atoms with E-state index < -0.39 is 24.5 Å². The molecular weight excluding hydrogens is 370 g/mol. The second-order valence-corrected chi connectivity index (χ2v) is 6.57. The van der Waals surface area contributed by atoms with E-state index in [1.807, 2.05) is 19.1 Å². The minimum atomic E-state index is -0.649. The van der Waals surface area contributed by atoms with E-state index >= 15 is 0 Å². The van der Waals surface area contributed by atoms with Gasteiger partial charge in [-0.1, -0.05) is 29.8 Å². The van der Waals surface area contributed by atoms with Crippen molar-refractivity contribution >= 4 is 40.7 Å². The molecule has 0 aliphatic heterocycles. The van der Waals surface area contributed by atoms with Crippen LogP contribution in [0.3, 0.4) is 0 Å². The number of carbonyl (C=O) groups is 4. The van der Waals surface area contributed by atoms with Crippen molar-refractivity contribution < 1.29 is 28.7 Å². The number of Topliss-reactive ketones (excluding diaryl/α,β-unsaturated/α-hetero) is 1. The van der Waals surface area contributed by atoms with Gasteiger partial charge in [0.25, 0.3) is 5.91 Å². The number of aryl methyl sites for hydroxylation is 1. The molecule has 0 fully saturated rings. The van der Waals surface area contributed by atoms with E-state index in [0.29, 0.717) is 11.3 Å². The van der Waals surface area contributed by atoms with Crippen LogP contribution in [0.1, 0.15) is 38.4 Å². The number of benzene rings is 1. The third-order valence-corrected chi connectivity index (χ3v) is 4.50. The molecule has 0 unspecified atom stereocenters. The topological polar surface area (TPSA) is 98.8 Å². The van der Waals surface area contributed by atoms with Crippen LogP contribution in [0.5, 0.6) is 0 Å². The zero-order chi connectivity index (χ0) is 19.8. The molecular formula is C19H19NO6S. The molecule has 1 amide bonds. The van der Waals surface area contributed by atoms with Gasteiger partial charge in [0.15, 0.2) is 12.4 Å². The molecule has 2 aromatic rings. The van der Waals surface area contributed by atoms with Gasteiger partial charge in [-0.05, 0) is 18.4 Å². The molecule has 1 aromatic carbocycles. The molecule has 0 aliphatic rings. The van der Waals surface area contributed by atoms with Crippen molar-refractivity contribution in [3.63, 3.8) is 0 Å². The normalized spacial score (nSPS) is 10.1. The SMILES string of the molecule is COC(=O)c1sccc1NC(=O)COC(=O)CCC(=O)c1ccc(C)cc1. The summed E-state index contributed by atoms with van der Waals surface area (Å²) in [7, 11) is 1.24. The van der Waals surface area contributed by atoms with Crippen molar-refractivity contribution in [3.8, 4) is 0 Å². The lowest BCUT2D eigenvalue weighted by atomic mass is 10.1. The van der Waals surface area contributed by atoms with Crippen LogP contribution in [0.2, 0.25) is 0 Å². The van der Waals surface area contributed by atoms with Gasteiger partial charge in [-0.25, -0.2) is 4.79 Å². The Hall–Kier alpha value is -3.00. The number of ketones is 1. The van der Waals surface area contributed by atoms with Gasteiger partial charge in [-0.2, -0.15) is 0 Å². The summed E-state index contributed by atoms with van der Waals surface area (Å²) in [5, 5.41) is 4.11. The highest BCUT2D eigenvalue weighted by Crippen LogP contribution is 2.23. The summed E-state index contributed by atoms with van der Waals surface area (Å²) in [4.78, 5) is 47.4. The predicted molar refractivity (Wildman–Crippen MR) is 100.0 cm³/mol. The van der Waals surface area contributed by atoms with Crippen LogP contribution in [0, 0.1) is 6.92 Å². The Morgan fingerprint density at radius 2 is 1.74 bits per heavy atom. The Balaban J connectivity index is 1.76. The first kappa shape index (κ1) is 20.3. The number of methoxy groups -OCH3 is 1. The van der Waals surface area contributed by atoms with E-state index in [-0.39, 0.29) is 23.5 Å². The van der Waals surface area contributed by atoms with E-state index in [1.165, 1.54) is 7.11 Å². The first-order valence-corrected chi connectivity index (χ1v) is 9.00. The smallest absolute Gasteiger partial charge is 0.350 e. The summed E-state index contributed by atoms with van der Waals surface area (Å²) in [5.74, 6) is -1.97. The highest BCUT2D eigenvalue weighted by molar-refractivity contribution is 7.12. The van der Waals surface area contributed by atoms with E-state index in [9.17, 15) is 19.2 Å². The maximum Gasteiger partial charge on any atom is 0.350 e. The van der Waals surface area contributed by atoms with Gasteiger partial charge < -0.3 is 14.8 Å². The van der Waals surface area contributed by atoms with Crippen LogP contribution in [0.15, 0.2) is 35.7 Å². The molecule has 142 valence electrons. The van der Waals surface area contributed by atoms with Gasteiger partial charge >= 0.3 is 11.9 Å². The second kappa shape index (κ2) is 9.63. The van der Waals surface area contributed by atoms with Crippen LogP contribution in [0.25, 0.3) is 0 Å². The third kappa shape index (κ3) is 6.03. The first-order chi connectivity index (χ1) is 12.9. The Bertz CT molecular complexity index is 840. The Kier molecular flexibility index (Phi) is 7.25.